The number of carbonyl (C=O) groups is 1. The number of carbonyl (C=O) groups excluding carboxylic acids is 1. The summed E-state index contributed by atoms with van der Waals surface area (Å²) in [7, 11) is 0. The van der Waals surface area contributed by atoms with E-state index in [9.17, 15) is 18.0 Å². The first kappa shape index (κ1) is 20.9. The van der Waals surface area contributed by atoms with Crippen LogP contribution in [0.25, 0.3) is 0 Å². The first-order valence-electron chi connectivity index (χ1n) is 9.61. The molecule has 0 aliphatic carbocycles. The van der Waals surface area contributed by atoms with Gasteiger partial charge in [0.05, 0.1) is 5.56 Å². The van der Waals surface area contributed by atoms with Crippen molar-refractivity contribution < 1.29 is 18.0 Å². The number of aromatic nitrogens is 3. The molecule has 0 aromatic carbocycles. The Morgan fingerprint density at radius 3 is 2.66 bits per heavy atom. The Morgan fingerprint density at radius 2 is 2.07 bits per heavy atom. The molecular weight excluding hydrogens is 385 g/mol. The van der Waals surface area contributed by atoms with Crippen LogP contribution in [-0.4, -0.2) is 46.5 Å². The van der Waals surface area contributed by atoms with Crippen LogP contribution in [0, 0.1) is 5.92 Å². The van der Waals surface area contributed by atoms with Crippen molar-refractivity contribution in [2.75, 3.05) is 24.5 Å². The van der Waals surface area contributed by atoms with Crippen molar-refractivity contribution >= 4 is 11.8 Å². The van der Waals surface area contributed by atoms with Gasteiger partial charge in [0.25, 0.3) is 0 Å². The summed E-state index contributed by atoms with van der Waals surface area (Å²) in [5.74, 6) is 0.765. The second-order valence-electron chi connectivity index (χ2n) is 7.35. The smallest absolute Gasteiger partial charge is 0.356 e. The van der Waals surface area contributed by atoms with E-state index in [1.807, 2.05) is 28.8 Å². The van der Waals surface area contributed by atoms with Gasteiger partial charge in [0.2, 0.25) is 0 Å². The first-order chi connectivity index (χ1) is 13.8. The minimum atomic E-state index is -4.38. The highest BCUT2D eigenvalue weighted by atomic mass is 19.4. The number of amides is 2. The Balaban J connectivity index is 1.38. The molecule has 0 saturated carbocycles. The summed E-state index contributed by atoms with van der Waals surface area (Å²) in [5, 5.41) is 10.00. The van der Waals surface area contributed by atoms with E-state index in [1.165, 1.54) is 6.07 Å². The van der Waals surface area contributed by atoms with Gasteiger partial charge in [-0.2, -0.15) is 18.3 Å². The highest BCUT2D eigenvalue weighted by Gasteiger charge is 2.31. The Morgan fingerprint density at radius 1 is 1.31 bits per heavy atom. The van der Waals surface area contributed by atoms with Crippen LogP contribution in [0.5, 0.6) is 0 Å². The number of anilines is 1. The molecular formula is C19H25F3N6O. The van der Waals surface area contributed by atoms with E-state index in [2.05, 4.69) is 20.7 Å². The fraction of sp³-hybridized carbons (Fsp3) is 0.526. The predicted octanol–water partition coefficient (Wildman–Crippen LogP) is 2.90. The number of rotatable bonds is 6. The molecule has 3 heterocycles. The third-order valence-corrected chi connectivity index (χ3v) is 4.90. The van der Waals surface area contributed by atoms with Crippen molar-refractivity contribution in [2.45, 2.75) is 38.5 Å². The van der Waals surface area contributed by atoms with Gasteiger partial charge in [-0.25, -0.2) is 9.78 Å². The highest BCUT2D eigenvalue weighted by molar-refractivity contribution is 5.74. The average Bonchev–Trinajstić information content (AvgIpc) is 3.19. The van der Waals surface area contributed by atoms with Crippen molar-refractivity contribution in [2.24, 2.45) is 5.92 Å². The zero-order valence-electron chi connectivity index (χ0n) is 16.2. The number of urea groups is 1. The van der Waals surface area contributed by atoms with Gasteiger partial charge in [0, 0.05) is 50.8 Å². The van der Waals surface area contributed by atoms with Crippen LogP contribution >= 0.6 is 0 Å². The number of halogens is 3. The SMILES string of the molecule is CC(CNC(=O)NC1CCN(c2ccc(C(F)(F)F)cn2)CC1)Cn1cccn1. The van der Waals surface area contributed by atoms with Crippen LogP contribution in [0.1, 0.15) is 25.3 Å². The number of hydrogen-bond acceptors (Lipinski definition) is 4. The van der Waals surface area contributed by atoms with Crippen molar-refractivity contribution in [3.8, 4) is 0 Å². The lowest BCUT2D eigenvalue weighted by atomic mass is 10.1. The molecule has 158 valence electrons. The zero-order valence-corrected chi connectivity index (χ0v) is 16.2. The molecule has 10 heteroatoms. The average molecular weight is 410 g/mol. The monoisotopic (exact) mass is 410 g/mol. The maximum atomic E-state index is 12.6. The fourth-order valence-corrected chi connectivity index (χ4v) is 3.29. The summed E-state index contributed by atoms with van der Waals surface area (Å²) in [6.45, 7) is 4.56. The molecule has 3 rings (SSSR count). The molecule has 0 spiro atoms. The van der Waals surface area contributed by atoms with Gasteiger partial charge in [-0.3, -0.25) is 4.68 Å². The van der Waals surface area contributed by atoms with Gasteiger partial charge in [0.1, 0.15) is 5.82 Å². The Hall–Kier alpha value is -2.78. The van der Waals surface area contributed by atoms with Gasteiger partial charge < -0.3 is 15.5 Å². The van der Waals surface area contributed by atoms with E-state index in [0.29, 0.717) is 38.3 Å². The number of pyridine rings is 1. The van der Waals surface area contributed by atoms with Crippen molar-refractivity contribution in [1.82, 2.24) is 25.4 Å². The van der Waals surface area contributed by atoms with Gasteiger partial charge in [-0.05, 0) is 37.0 Å². The number of piperidine rings is 1. The van der Waals surface area contributed by atoms with Crippen LogP contribution in [0.15, 0.2) is 36.8 Å². The van der Waals surface area contributed by atoms with Gasteiger partial charge in [-0.15, -0.1) is 0 Å². The molecule has 1 aliphatic heterocycles. The van der Waals surface area contributed by atoms with Crippen LogP contribution in [0.3, 0.4) is 0 Å². The summed E-state index contributed by atoms with van der Waals surface area (Å²) in [6.07, 6.45) is 1.50. The van der Waals surface area contributed by atoms with E-state index in [0.717, 1.165) is 18.8 Å². The largest absolute Gasteiger partial charge is 0.417 e. The minimum Gasteiger partial charge on any atom is -0.356 e. The molecule has 1 unspecified atom stereocenters. The number of alkyl halides is 3. The van der Waals surface area contributed by atoms with Crippen LogP contribution in [0.2, 0.25) is 0 Å². The number of hydrogen-bond donors (Lipinski definition) is 2. The Labute approximate surface area is 167 Å². The summed E-state index contributed by atoms with van der Waals surface area (Å²) < 4.78 is 39.7. The molecule has 29 heavy (non-hydrogen) atoms. The second-order valence-corrected chi connectivity index (χ2v) is 7.35. The molecule has 2 N–H and O–H groups in total. The highest BCUT2D eigenvalue weighted by Crippen LogP contribution is 2.29. The molecule has 1 aliphatic rings. The summed E-state index contributed by atoms with van der Waals surface area (Å²) in [4.78, 5) is 18.0. The molecule has 1 atom stereocenters. The summed E-state index contributed by atoms with van der Waals surface area (Å²) in [5.41, 5.74) is -0.753. The third-order valence-electron chi connectivity index (χ3n) is 4.90. The van der Waals surface area contributed by atoms with E-state index in [1.54, 1.807) is 6.20 Å². The number of nitrogens with zero attached hydrogens (tertiary/aromatic N) is 4. The maximum Gasteiger partial charge on any atom is 0.417 e. The van der Waals surface area contributed by atoms with Crippen LogP contribution < -0.4 is 15.5 Å². The number of nitrogens with one attached hydrogen (secondary N) is 2. The molecule has 0 radical (unpaired) electrons. The maximum absolute atomic E-state index is 12.6. The summed E-state index contributed by atoms with van der Waals surface area (Å²) in [6, 6.07) is 4.12. The predicted molar refractivity (Wildman–Crippen MR) is 102 cm³/mol. The minimum absolute atomic E-state index is 0.0297. The van der Waals surface area contributed by atoms with Crippen LogP contribution in [0.4, 0.5) is 23.8 Å². The molecule has 0 bridgehead atoms. The summed E-state index contributed by atoms with van der Waals surface area (Å²) >= 11 is 0. The molecule has 2 aromatic heterocycles. The van der Waals surface area contributed by atoms with E-state index in [-0.39, 0.29) is 18.0 Å². The lowest BCUT2D eigenvalue weighted by Crippen LogP contribution is -2.48. The van der Waals surface area contributed by atoms with Crippen molar-refractivity contribution in [1.29, 1.82) is 0 Å². The van der Waals surface area contributed by atoms with E-state index >= 15 is 0 Å². The van der Waals surface area contributed by atoms with Gasteiger partial charge in [0.15, 0.2) is 0 Å². The lowest BCUT2D eigenvalue weighted by molar-refractivity contribution is -0.137. The second kappa shape index (κ2) is 9.15. The van der Waals surface area contributed by atoms with Crippen molar-refractivity contribution in [3.05, 3.63) is 42.4 Å². The molecule has 1 saturated heterocycles. The first-order valence-corrected chi connectivity index (χ1v) is 9.61. The Kier molecular flexibility index (Phi) is 6.60. The van der Waals surface area contributed by atoms with Crippen molar-refractivity contribution in [3.63, 3.8) is 0 Å². The Bertz CT molecular complexity index is 770. The molecule has 7 nitrogen and oxygen atoms in total. The standard InChI is InChI=1S/C19H25F3N6O/c1-14(13-28-8-2-7-25-28)11-24-18(29)26-16-5-9-27(10-6-16)17-4-3-15(12-23-17)19(20,21)22/h2-4,7-8,12,14,16H,5-6,9-11,13H2,1H3,(H2,24,26,29). The fourth-order valence-electron chi connectivity index (χ4n) is 3.29. The molecule has 2 aromatic rings. The topological polar surface area (TPSA) is 75.1 Å². The molecule has 2 amide bonds. The van der Waals surface area contributed by atoms with Gasteiger partial charge >= 0.3 is 12.2 Å². The van der Waals surface area contributed by atoms with E-state index < -0.39 is 11.7 Å². The molecule has 1 fully saturated rings. The van der Waals surface area contributed by atoms with Crippen LogP contribution in [-0.2, 0) is 12.7 Å². The lowest BCUT2D eigenvalue weighted by Gasteiger charge is -2.33. The van der Waals surface area contributed by atoms with Gasteiger partial charge in [-0.1, -0.05) is 6.92 Å². The van der Waals surface area contributed by atoms with E-state index in [4.69, 9.17) is 0 Å². The zero-order chi connectivity index (χ0) is 20.9. The third kappa shape index (κ3) is 6.10. The quantitative estimate of drug-likeness (QED) is 0.768. The normalized spacial score (nSPS) is 16.5.